The Hall–Kier alpha value is -4.58. The number of hydrogen-bond acceptors (Lipinski definition) is 7. The molecule has 2 aromatic carbocycles. The van der Waals surface area contributed by atoms with Crippen LogP contribution in [0.2, 0.25) is 0 Å². The quantitative estimate of drug-likeness (QED) is 0.347. The molecule has 1 aliphatic rings. The molecule has 4 N–H and O–H groups in total. The average molecular weight is 591 g/mol. The van der Waals surface area contributed by atoms with Crippen molar-refractivity contribution in [3.05, 3.63) is 75.2 Å². The zero-order valence-electron chi connectivity index (χ0n) is 24.8. The lowest BCUT2D eigenvalue weighted by molar-refractivity contribution is -0.137. The summed E-state index contributed by atoms with van der Waals surface area (Å²) in [7, 11) is 0. The van der Waals surface area contributed by atoms with Crippen molar-refractivity contribution in [2.24, 2.45) is 0 Å². The Bertz CT molecular complexity index is 1600. The van der Waals surface area contributed by atoms with Crippen molar-refractivity contribution in [3.63, 3.8) is 0 Å². The van der Waals surface area contributed by atoms with Crippen LogP contribution >= 0.6 is 0 Å². The van der Waals surface area contributed by atoms with Crippen molar-refractivity contribution in [2.75, 3.05) is 19.6 Å². The minimum absolute atomic E-state index is 0.0697. The van der Waals surface area contributed by atoms with Gasteiger partial charge in [0.25, 0.3) is 11.5 Å². The second-order valence-corrected chi connectivity index (χ2v) is 11.1. The Morgan fingerprint density at radius 1 is 1.07 bits per heavy atom. The molecule has 0 saturated carbocycles. The third-order valence-electron chi connectivity index (χ3n) is 7.52. The first-order chi connectivity index (χ1) is 20.4. The summed E-state index contributed by atoms with van der Waals surface area (Å²) in [6.07, 6.45) is -0.0299. The molecule has 0 aliphatic carbocycles. The van der Waals surface area contributed by atoms with Gasteiger partial charge in [0.1, 0.15) is 12.6 Å². The number of carbonyl (C=O) groups excluding carboxylic acids is 4. The number of nitrogens with one attached hydrogen (secondary N) is 3. The van der Waals surface area contributed by atoms with E-state index in [0.717, 1.165) is 15.8 Å². The van der Waals surface area contributed by atoms with Crippen LogP contribution in [-0.2, 0) is 27.3 Å². The maximum absolute atomic E-state index is 13.5. The highest BCUT2D eigenvalue weighted by atomic mass is 16.3. The van der Waals surface area contributed by atoms with Gasteiger partial charge in [-0.3, -0.25) is 24.0 Å². The van der Waals surface area contributed by atoms with E-state index in [1.807, 2.05) is 13.0 Å². The first-order valence-corrected chi connectivity index (χ1v) is 14.3. The number of aryl methyl sites for hydroxylation is 3. The normalized spacial score (nSPS) is 19.7. The summed E-state index contributed by atoms with van der Waals surface area (Å²) in [6.45, 7) is 6.28. The smallest absolute Gasteiger partial charge is 0.275 e. The monoisotopic (exact) mass is 590 g/mol. The maximum Gasteiger partial charge on any atom is 0.275 e. The van der Waals surface area contributed by atoms with Gasteiger partial charge in [-0.05, 0) is 69.9 Å². The lowest BCUT2D eigenvalue weighted by atomic mass is 10.00. The fourth-order valence-electron chi connectivity index (χ4n) is 5.15. The van der Waals surface area contributed by atoms with Gasteiger partial charge in [0.15, 0.2) is 0 Å². The van der Waals surface area contributed by atoms with Crippen molar-refractivity contribution >= 4 is 34.4 Å². The number of nitrogens with zero attached hydrogens (tertiary/aromatic N) is 3. The summed E-state index contributed by atoms with van der Waals surface area (Å²) >= 11 is 0. The van der Waals surface area contributed by atoms with Crippen LogP contribution in [-0.4, -0.2) is 81.2 Å². The number of aliphatic hydroxyl groups is 1. The van der Waals surface area contributed by atoms with E-state index in [1.54, 1.807) is 50.2 Å². The van der Waals surface area contributed by atoms with E-state index in [4.69, 9.17) is 0 Å². The van der Waals surface area contributed by atoms with E-state index in [0.29, 0.717) is 41.4 Å². The molecule has 0 spiro atoms. The van der Waals surface area contributed by atoms with E-state index in [-0.39, 0.29) is 13.1 Å². The second-order valence-electron chi connectivity index (χ2n) is 11.1. The zero-order valence-corrected chi connectivity index (χ0v) is 24.8. The summed E-state index contributed by atoms with van der Waals surface area (Å²) in [5.41, 5.74) is 2.39. The Labute approximate surface area is 249 Å². The van der Waals surface area contributed by atoms with E-state index >= 15 is 0 Å². The van der Waals surface area contributed by atoms with Gasteiger partial charge in [-0.2, -0.15) is 5.10 Å². The molecule has 43 heavy (non-hydrogen) atoms. The van der Waals surface area contributed by atoms with Gasteiger partial charge in [0.05, 0.1) is 23.7 Å². The minimum Gasteiger partial charge on any atom is -0.391 e. The van der Waals surface area contributed by atoms with Crippen molar-refractivity contribution in [1.82, 2.24) is 30.6 Å². The standard InChI is InChI=1S/C31H38N6O6/c1-18-11-12-23-14-22(18)8-7-13-32-26(39)16-36(15-19(2)33-30(42)28(21(4)38)34-29(23)41)27(40)17-37-31(43)25-10-6-5-9-24(25)20(3)35-37/h5-6,9-12,14,19,21,28,38H,7-8,13,15-17H2,1-4H3,(H,32,39)(H,33,42)(H,34,41)/t19-,21-,28+/m1/s1. The van der Waals surface area contributed by atoms with Crippen LogP contribution in [0.4, 0.5) is 0 Å². The predicted octanol–water partition coefficient (Wildman–Crippen LogP) is 0.588. The van der Waals surface area contributed by atoms with Crippen molar-refractivity contribution < 1.29 is 24.3 Å². The molecule has 1 aliphatic heterocycles. The lowest BCUT2D eigenvalue weighted by Crippen LogP contribution is -2.56. The van der Waals surface area contributed by atoms with Crippen LogP contribution in [0.1, 0.15) is 47.4 Å². The molecule has 2 heterocycles. The third kappa shape index (κ3) is 7.63. The van der Waals surface area contributed by atoms with Gasteiger partial charge >= 0.3 is 0 Å². The van der Waals surface area contributed by atoms with Crippen LogP contribution < -0.4 is 21.5 Å². The number of amides is 4. The Morgan fingerprint density at radius 2 is 1.79 bits per heavy atom. The fraction of sp³-hybridized carbons (Fsp3) is 0.419. The Kier molecular flexibility index (Phi) is 9.92. The molecular formula is C31H38N6O6. The molecule has 4 rings (SSSR count). The van der Waals surface area contributed by atoms with Crippen LogP contribution in [0.3, 0.4) is 0 Å². The number of benzene rings is 2. The number of aromatic nitrogens is 2. The molecular weight excluding hydrogens is 552 g/mol. The topological polar surface area (TPSA) is 163 Å². The molecule has 4 amide bonds. The fourth-order valence-corrected chi connectivity index (χ4v) is 5.15. The number of hydrogen-bond donors (Lipinski definition) is 4. The summed E-state index contributed by atoms with van der Waals surface area (Å²) in [6, 6.07) is 10.3. The molecule has 0 fully saturated rings. The Balaban J connectivity index is 1.59. The van der Waals surface area contributed by atoms with E-state index in [2.05, 4.69) is 21.0 Å². The molecule has 228 valence electrons. The molecule has 12 nitrogen and oxygen atoms in total. The number of carbonyl (C=O) groups is 4. The molecule has 0 saturated heterocycles. The molecule has 3 aromatic rings. The van der Waals surface area contributed by atoms with Gasteiger partial charge in [-0.15, -0.1) is 0 Å². The highest BCUT2D eigenvalue weighted by Crippen LogP contribution is 2.15. The highest BCUT2D eigenvalue weighted by Gasteiger charge is 2.29. The van der Waals surface area contributed by atoms with Gasteiger partial charge in [0, 0.05) is 30.1 Å². The third-order valence-corrected chi connectivity index (χ3v) is 7.52. The van der Waals surface area contributed by atoms with Crippen LogP contribution in [0.5, 0.6) is 0 Å². The van der Waals surface area contributed by atoms with Crippen molar-refractivity contribution in [1.29, 1.82) is 0 Å². The number of aliphatic hydroxyl groups excluding tert-OH is 1. The van der Waals surface area contributed by atoms with Crippen LogP contribution in [0.15, 0.2) is 47.3 Å². The molecule has 1 aromatic heterocycles. The van der Waals surface area contributed by atoms with E-state index in [1.165, 1.54) is 11.8 Å². The maximum atomic E-state index is 13.5. The summed E-state index contributed by atoms with van der Waals surface area (Å²) < 4.78 is 1.08. The molecule has 12 heteroatoms. The second kappa shape index (κ2) is 13.6. The van der Waals surface area contributed by atoms with E-state index in [9.17, 15) is 29.1 Å². The summed E-state index contributed by atoms with van der Waals surface area (Å²) in [4.78, 5) is 67.0. The van der Waals surface area contributed by atoms with Gasteiger partial charge in [0.2, 0.25) is 17.7 Å². The van der Waals surface area contributed by atoms with Gasteiger partial charge < -0.3 is 26.0 Å². The molecule has 0 radical (unpaired) electrons. The Morgan fingerprint density at radius 3 is 2.51 bits per heavy atom. The SMILES string of the molecule is Cc1ccc2cc1CCCNC(=O)CN(C(=O)Cn1nc(C)c3ccccc3c1=O)C[C@@H](C)NC(=O)[C@H]([C@@H](C)O)NC2=O. The number of fused-ring (bicyclic) bond motifs is 3. The summed E-state index contributed by atoms with van der Waals surface area (Å²) in [5.74, 6) is -2.08. The van der Waals surface area contributed by atoms with Crippen LogP contribution in [0, 0.1) is 13.8 Å². The molecule has 3 atom stereocenters. The van der Waals surface area contributed by atoms with Gasteiger partial charge in [-0.25, -0.2) is 4.68 Å². The first kappa shape index (κ1) is 31.4. The highest BCUT2D eigenvalue weighted by molar-refractivity contribution is 5.98. The van der Waals surface area contributed by atoms with E-state index < -0.39 is 53.9 Å². The van der Waals surface area contributed by atoms with Crippen molar-refractivity contribution in [2.45, 2.75) is 65.3 Å². The summed E-state index contributed by atoms with van der Waals surface area (Å²) in [5, 5.41) is 23.9. The first-order valence-electron chi connectivity index (χ1n) is 14.3. The predicted molar refractivity (Wildman–Crippen MR) is 160 cm³/mol. The average Bonchev–Trinajstić information content (AvgIpc) is 2.96. The number of rotatable bonds is 3. The lowest BCUT2D eigenvalue weighted by Gasteiger charge is -2.28. The molecule has 2 bridgehead atoms. The minimum atomic E-state index is -1.26. The largest absolute Gasteiger partial charge is 0.391 e. The van der Waals surface area contributed by atoms with Crippen LogP contribution in [0.25, 0.3) is 10.8 Å². The van der Waals surface area contributed by atoms with Gasteiger partial charge in [-0.1, -0.05) is 24.3 Å². The molecule has 0 unspecified atom stereocenters. The van der Waals surface area contributed by atoms with Crippen molar-refractivity contribution in [3.8, 4) is 0 Å². The zero-order chi connectivity index (χ0) is 31.3.